The minimum Gasteiger partial charge on any atom is -0.339 e. The van der Waals surface area contributed by atoms with Crippen molar-refractivity contribution < 1.29 is 14.4 Å². The van der Waals surface area contributed by atoms with Crippen LogP contribution in [0.3, 0.4) is 0 Å². The first-order valence-electron chi connectivity index (χ1n) is 14.2. The van der Waals surface area contributed by atoms with Crippen LogP contribution < -0.4 is 5.32 Å². The molecule has 2 aromatic heterocycles. The molecule has 0 bridgehead atoms. The Balaban J connectivity index is 0.00000405. The van der Waals surface area contributed by atoms with E-state index in [9.17, 15) is 14.4 Å². The summed E-state index contributed by atoms with van der Waals surface area (Å²) in [5, 5.41) is 8.25. The number of carbonyl (C=O) groups excluding carboxylic acids is 3. The summed E-state index contributed by atoms with van der Waals surface area (Å²) in [7, 11) is 2.07. The van der Waals surface area contributed by atoms with Gasteiger partial charge in [0.05, 0.1) is 28.7 Å². The van der Waals surface area contributed by atoms with E-state index in [1.54, 1.807) is 17.1 Å². The van der Waals surface area contributed by atoms with Gasteiger partial charge in [0.1, 0.15) is 6.54 Å². The van der Waals surface area contributed by atoms with Gasteiger partial charge in [-0.3, -0.25) is 14.4 Å². The third-order valence-electron chi connectivity index (χ3n) is 8.06. The van der Waals surface area contributed by atoms with Crippen molar-refractivity contribution >= 4 is 46.6 Å². The van der Waals surface area contributed by atoms with Crippen LogP contribution in [-0.2, 0) is 11.3 Å². The van der Waals surface area contributed by atoms with Crippen molar-refractivity contribution in [3.05, 3.63) is 76.7 Å². The molecule has 4 aromatic rings. The van der Waals surface area contributed by atoms with Crippen LogP contribution in [0, 0.1) is 20.8 Å². The summed E-state index contributed by atoms with van der Waals surface area (Å²) in [5.74, 6) is -0.0845. The Morgan fingerprint density at radius 3 is 2.26 bits per heavy atom. The van der Waals surface area contributed by atoms with E-state index in [0.29, 0.717) is 36.3 Å². The summed E-state index contributed by atoms with van der Waals surface area (Å²) in [5.41, 5.74) is 6.48. The number of nitrogens with zero attached hydrogens (tertiary/aromatic N) is 5. The topological polar surface area (TPSA) is 92.5 Å². The van der Waals surface area contributed by atoms with Crippen molar-refractivity contribution in [2.24, 2.45) is 0 Å². The Bertz CT molecular complexity index is 1610. The molecule has 0 radical (unpaired) electrons. The SMILES string of the molecule is CCCC(=O)c1cnn(-c2ccc(NC(=O)c3cn(CC(=O)N4CCN(C)CC4)c4cc(C)c(C)cc34)cc2)c1C.Cl. The van der Waals surface area contributed by atoms with E-state index in [4.69, 9.17) is 0 Å². The maximum absolute atomic E-state index is 13.5. The fraction of sp³-hybridized carbons (Fsp3) is 0.375. The van der Waals surface area contributed by atoms with Gasteiger partial charge >= 0.3 is 0 Å². The van der Waals surface area contributed by atoms with Gasteiger partial charge in [-0.15, -0.1) is 12.4 Å². The molecule has 2 amide bonds. The molecule has 2 aromatic carbocycles. The number of carbonyl (C=O) groups is 3. The second kappa shape index (κ2) is 12.9. The predicted octanol–water partition coefficient (Wildman–Crippen LogP) is 5.18. The number of fused-ring (bicyclic) bond motifs is 1. The fourth-order valence-corrected chi connectivity index (χ4v) is 5.35. The van der Waals surface area contributed by atoms with E-state index in [1.165, 1.54) is 0 Å². The van der Waals surface area contributed by atoms with E-state index in [0.717, 1.165) is 52.9 Å². The molecule has 0 spiro atoms. The van der Waals surface area contributed by atoms with Gasteiger partial charge in [0, 0.05) is 55.4 Å². The number of aromatic nitrogens is 3. The number of likely N-dealkylation sites (N-methyl/N-ethyl adjacent to an activating group) is 1. The Kier molecular flexibility index (Phi) is 9.53. The quantitative estimate of drug-likeness (QED) is 0.285. The molecule has 0 unspecified atom stereocenters. The fourth-order valence-electron chi connectivity index (χ4n) is 5.35. The number of hydrogen-bond donors (Lipinski definition) is 1. The van der Waals surface area contributed by atoms with Gasteiger partial charge in [-0.1, -0.05) is 6.92 Å². The molecule has 1 N–H and O–H groups in total. The van der Waals surface area contributed by atoms with Crippen LogP contribution in [0.15, 0.2) is 48.8 Å². The summed E-state index contributed by atoms with van der Waals surface area (Å²) in [6, 6.07) is 11.5. The average Bonchev–Trinajstić information content (AvgIpc) is 3.50. The summed E-state index contributed by atoms with van der Waals surface area (Å²) < 4.78 is 3.64. The maximum Gasteiger partial charge on any atom is 0.257 e. The largest absolute Gasteiger partial charge is 0.339 e. The van der Waals surface area contributed by atoms with Crippen molar-refractivity contribution in [1.29, 1.82) is 0 Å². The normalized spacial score (nSPS) is 13.7. The highest BCUT2D eigenvalue weighted by Crippen LogP contribution is 2.27. The number of rotatable bonds is 8. The number of halogens is 1. The van der Waals surface area contributed by atoms with E-state index in [1.807, 2.05) is 67.5 Å². The van der Waals surface area contributed by atoms with Crippen LogP contribution in [0.5, 0.6) is 0 Å². The zero-order valence-electron chi connectivity index (χ0n) is 24.9. The van der Waals surface area contributed by atoms with Crippen LogP contribution in [-0.4, -0.2) is 75.0 Å². The van der Waals surface area contributed by atoms with Crippen molar-refractivity contribution in [2.75, 3.05) is 38.5 Å². The van der Waals surface area contributed by atoms with Gasteiger partial charge in [0.15, 0.2) is 5.78 Å². The van der Waals surface area contributed by atoms with Crippen LogP contribution in [0.4, 0.5) is 5.69 Å². The van der Waals surface area contributed by atoms with Gasteiger partial charge in [0.25, 0.3) is 5.91 Å². The van der Waals surface area contributed by atoms with Crippen molar-refractivity contribution in [1.82, 2.24) is 24.1 Å². The average molecular weight is 591 g/mol. The predicted molar refractivity (Wildman–Crippen MR) is 168 cm³/mol. The Hall–Kier alpha value is -3.95. The Morgan fingerprint density at radius 1 is 0.929 bits per heavy atom. The zero-order chi connectivity index (χ0) is 29.3. The first kappa shape index (κ1) is 31.0. The molecule has 0 aliphatic carbocycles. The second-order valence-corrected chi connectivity index (χ2v) is 11.0. The molecule has 1 fully saturated rings. The van der Waals surface area contributed by atoms with E-state index < -0.39 is 0 Å². The van der Waals surface area contributed by atoms with Gasteiger partial charge in [-0.25, -0.2) is 4.68 Å². The first-order chi connectivity index (χ1) is 19.7. The summed E-state index contributed by atoms with van der Waals surface area (Å²) >= 11 is 0. The number of amides is 2. The van der Waals surface area contributed by atoms with E-state index in [-0.39, 0.29) is 36.5 Å². The van der Waals surface area contributed by atoms with Gasteiger partial charge in [-0.2, -0.15) is 5.10 Å². The highest BCUT2D eigenvalue weighted by molar-refractivity contribution is 6.13. The molecule has 1 aliphatic rings. The van der Waals surface area contributed by atoms with Crippen molar-refractivity contribution in [3.8, 4) is 5.69 Å². The van der Waals surface area contributed by atoms with Gasteiger partial charge in [0.2, 0.25) is 5.91 Å². The number of piperazine rings is 1. The number of anilines is 1. The highest BCUT2D eigenvalue weighted by atomic mass is 35.5. The molecule has 0 atom stereocenters. The molecular formula is C32H39ClN6O3. The summed E-state index contributed by atoms with van der Waals surface area (Å²) in [4.78, 5) is 43.2. The third-order valence-corrected chi connectivity index (χ3v) is 8.06. The molecule has 1 aliphatic heterocycles. The molecule has 1 saturated heterocycles. The van der Waals surface area contributed by atoms with Gasteiger partial charge in [-0.05, 0) is 81.8 Å². The number of nitrogens with one attached hydrogen (secondary N) is 1. The van der Waals surface area contributed by atoms with E-state index >= 15 is 0 Å². The van der Waals surface area contributed by atoms with E-state index in [2.05, 4.69) is 28.4 Å². The number of benzene rings is 2. The lowest BCUT2D eigenvalue weighted by Gasteiger charge is -2.32. The smallest absolute Gasteiger partial charge is 0.257 e. The minimum atomic E-state index is -0.237. The maximum atomic E-state index is 13.5. The lowest BCUT2D eigenvalue weighted by Crippen LogP contribution is -2.48. The van der Waals surface area contributed by atoms with Crippen LogP contribution >= 0.6 is 12.4 Å². The molecular weight excluding hydrogens is 552 g/mol. The van der Waals surface area contributed by atoms with Crippen LogP contribution in [0.1, 0.15) is 57.3 Å². The Labute approximate surface area is 252 Å². The second-order valence-electron chi connectivity index (χ2n) is 11.0. The lowest BCUT2D eigenvalue weighted by molar-refractivity contribution is -0.133. The molecule has 0 saturated carbocycles. The Morgan fingerprint density at radius 2 is 1.60 bits per heavy atom. The van der Waals surface area contributed by atoms with Crippen molar-refractivity contribution in [3.63, 3.8) is 0 Å². The molecule has 5 rings (SSSR count). The third kappa shape index (κ3) is 6.27. The number of aryl methyl sites for hydroxylation is 2. The molecule has 10 heteroatoms. The first-order valence-corrected chi connectivity index (χ1v) is 14.2. The lowest BCUT2D eigenvalue weighted by atomic mass is 10.0. The number of ketones is 1. The van der Waals surface area contributed by atoms with Crippen LogP contribution in [0.2, 0.25) is 0 Å². The molecule has 9 nitrogen and oxygen atoms in total. The molecule has 3 heterocycles. The standard InChI is InChI=1S/C32H38N6O3.ClH/c1-6-7-30(39)27-18-33-38(23(27)4)25-10-8-24(9-11-25)34-32(41)28-19-37(29-17-22(3)21(2)16-26(28)29)20-31(40)36-14-12-35(5)13-15-36;/h8-11,16-19H,6-7,12-15,20H2,1-5H3,(H,34,41);1H. The van der Waals surface area contributed by atoms with Crippen molar-refractivity contribution in [2.45, 2.75) is 47.1 Å². The molecule has 42 heavy (non-hydrogen) atoms. The number of Topliss-reactive ketones (excluding diaryl/α,β-unsaturated/α-hetero) is 1. The summed E-state index contributed by atoms with van der Waals surface area (Å²) in [6.07, 6.45) is 4.71. The van der Waals surface area contributed by atoms with Gasteiger partial charge < -0.3 is 19.7 Å². The zero-order valence-corrected chi connectivity index (χ0v) is 25.8. The minimum absolute atomic E-state index is 0. The summed E-state index contributed by atoms with van der Waals surface area (Å²) in [6.45, 7) is 11.3. The highest BCUT2D eigenvalue weighted by Gasteiger charge is 2.22. The molecule has 222 valence electrons. The monoisotopic (exact) mass is 590 g/mol. The van der Waals surface area contributed by atoms with Crippen LogP contribution in [0.25, 0.3) is 16.6 Å². The number of hydrogen-bond acceptors (Lipinski definition) is 5.